The lowest BCUT2D eigenvalue weighted by Crippen LogP contribution is -2.18. The fourth-order valence-electron chi connectivity index (χ4n) is 2.89. The molecule has 6 heteroatoms. The summed E-state index contributed by atoms with van der Waals surface area (Å²) in [5.74, 6) is 2.87. The van der Waals surface area contributed by atoms with Gasteiger partial charge in [0.1, 0.15) is 19.0 Å². The number of nitrogens with zero attached hydrogens (tertiary/aromatic N) is 3. The van der Waals surface area contributed by atoms with Gasteiger partial charge in [-0.2, -0.15) is 4.98 Å². The molecule has 0 spiro atoms. The fourth-order valence-corrected chi connectivity index (χ4v) is 2.89. The summed E-state index contributed by atoms with van der Waals surface area (Å²) in [6.45, 7) is 4.05. The number of rotatable bonds is 5. The third-order valence-corrected chi connectivity index (χ3v) is 4.10. The molecule has 4 rings (SSSR count). The third kappa shape index (κ3) is 3.39. The first-order valence-corrected chi connectivity index (χ1v) is 8.66. The van der Waals surface area contributed by atoms with E-state index in [2.05, 4.69) is 39.2 Å². The molecule has 3 aromatic rings. The normalized spacial score (nSPS) is 12.5. The number of hydrogen-bond acceptors (Lipinski definition) is 6. The molecule has 0 amide bonds. The van der Waals surface area contributed by atoms with Crippen LogP contribution in [0.4, 0.5) is 23.1 Å². The molecule has 2 heterocycles. The first-order valence-electron chi connectivity index (χ1n) is 8.66. The van der Waals surface area contributed by atoms with Crippen molar-refractivity contribution in [1.29, 1.82) is 0 Å². The van der Waals surface area contributed by atoms with E-state index >= 15 is 0 Å². The monoisotopic (exact) mass is 348 g/mol. The van der Waals surface area contributed by atoms with Gasteiger partial charge >= 0.3 is 0 Å². The van der Waals surface area contributed by atoms with E-state index < -0.39 is 0 Å². The standard InChI is InChI=1S/C20H20N4O2/c1-2-24(16-6-4-3-5-7-16)19-10-11-21-20(23-19)22-15-8-9-17-18(14-15)26-13-12-25-17/h3-11,14H,2,12-13H2,1H3,(H,21,22,23). The lowest BCUT2D eigenvalue weighted by molar-refractivity contribution is 0.171. The number of aromatic nitrogens is 2. The van der Waals surface area contributed by atoms with Crippen LogP contribution in [0.1, 0.15) is 6.92 Å². The highest BCUT2D eigenvalue weighted by Crippen LogP contribution is 2.33. The third-order valence-electron chi connectivity index (χ3n) is 4.10. The lowest BCUT2D eigenvalue weighted by atomic mass is 10.2. The van der Waals surface area contributed by atoms with E-state index in [9.17, 15) is 0 Å². The Balaban J connectivity index is 1.58. The van der Waals surface area contributed by atoms with Gasteiger partial charge in [0.05, 0.1) is 0 Å². The molecule has 0 radical (unpaired) electrons. The maximum Gasteiger partial charge on any atom is 0.229 e. The van der Waals surface area contributed by atoms with Crippen LogP contribution in [0.15, 0.2) is 60.8 Å². The summed E-state index contributed by atoms with van der Waals surface area (Å²) in [5, 5.41) is 3.24. The highest BCUT2D eigenvalue weighted by molar-refractivity contribution is 5.63. The number of anilines is 4. The summed E-state index contributed by atoms with van der Waals surface area (Å²) in [6, 6.07) is 17.8. The molecule has 0 fully saturated rings. The molecule has 0 unspecified atom stereocenters. The maximum atomic E-state index is 5.62. The van der Waals surface area contributed by atoms with Crippen molar-refractivity contribution < 1.29 is 9.47 Å². The van der Waals surface area contributed by atoms with Gasteiger partial charge in [0.15, 0.2) is 11.5 Å². The summed E-state index contributed by atoms with van der Waals surface area (Å²) in [5.41, 5.74) is 1.95. The van der Waals surface area contributed by atoms with Crippen LogP contribution < -0.4 is 19.7 Å². The number of nitrogens with one attached hydrogen (secondary N) is 1. The van der Waals surface area contributed by atoms with Crippen molar-refractivity contribution >= 4 is 23.1 Å². The van der Waals surface area contributed by atoms with Crippen LogP contribution >= 0.6 is 0 Å². The first kappa shape index (κ1) is 16.2. The topological polar surface area (TPSA) is 59.5 Å². The van der Waals surface area contributed by atoms with Gasteiger partial charge in [0, 0.05) is 30.2 Å². The summed E-state index contributed by atoms with van der Waals surface area (Å²) >= 11 is 0. The van der Waals surface area contributed by atoms with Crippen molar-refractivity contribution in [2.75, 3.05) is 30.0 Å². The van der Waals surface area contributed by atoms with E-state index in [-0.39, 0.29) is 0 Å². The second kappa shape index (κ2) is 7.31. The van der Waals surface area contributed by atoms with Crippen LogP contribution in [0.3, 0.4) is 0 Å². The first-order chi connectivity index (χ1) is 12.8. The van der Waals surface area contributed by atoms with Crippen LogP contribution in [-0.4, -0.2) is 29.7 Å². The van der Waals surface area contributed by atoms with Crippen molar-refractivity contribution in [3.63, 3.8) is 0 Å². The zero-order valence-corrected chi connectivity index (χ0v) is 14.6. The number of benzene rings is 2. The van der Waals surface area contributed by atoms with Gasteiger partial charge in [-0.05, 0) is 37.3 Å². The second-order valence-electron chi connectivity index (χ2n) is 5.80. The van der Waals surface area contributed by atoms with E-state index in [1.54, 1.807) is 6.20 Å². The van der Waals surface area contributed by atoms with E-state index in [0.29, 0.717) is 19.2 Å². The predicted molar refractivity (Wildman–Crippen MR) is 102 cm³/mol. The Kier molecular flexibility index (Phi) is 4.55. The molecule has 132 valence electrons. The van der Waals surface area contributed by atoms with Gasteiger partial charge in [-0.15, -0.1) is 0 Å². The lowest BCUT2D eigenvalue weighted by Gasteiger charge is -2.22. The van der Waals surface area contributed by atoms with E-state index in [0.717, 1.165) is 35.2 Å². The molecule has 26 heavy (non-hydrogen) atoms. The zero-order valence-electron chi connectivity index (χ0n) is 14.6. The molecule has 1 aliphatic rings. The van der Waals surface area contributed by atoms with Gasteiger partial charge < -0.3 is 19.7 Å². The predicted octanol–water partition coefficient (Wildman–Crippen LogP) is 4.15. The van der Waals surface area contributed by atoms with Crippen LogP contribution in [0, 0.1) is 0 Å². The van der Waals surface area contributed by atoms with Gasteiger partial charge in [-0.1, -0.05) is 18.2 Å². The second-order valence-corrected chi connectivity index (χ2v) is 5.80. The average molecular weight is 348 g/mol. The molecule has 2 aromatic carbocycles. The molecule has 0 saturated heterocycles. The van der Waals surface area contributed by atoms with E-state index in [4.69, 9.17) is 9.47 Å². The number of fused-ring (bicyclic) bond motifs is 1. The Bertz CT molecular complexity index is 886. The molecular formula is C20H20N4O2. The minimum absolute atomic E-state index is 0.536. The van der Waals surface area contributed by atoms with Crippen LogP contribution in [0.2, 0.25) is 0 Å². The summed E-state index contributed by atoms with van der Waals surface area (Å²) in [7, 11) is 0. The minimum Gasteiger partial charge on any atom is -0.486 e. The van der Waals surface area contributed by atoms with Gasteiger partial charge in [-0.25, -0.2) is 4.98 Å². The molecule has 1 N–H and O–H groups in total. The smallest absolute Gasteiger partial charge is 0.229 e. The van der Waals surface area contributed by atoms with Crippen LogP contribution in [0.25, 0.3) is 0 Å². The SMILES string of the molecule is CCN(c1ccccc1)c1ccnc(Nc2ccc3c(c2)OCCO3)n1. The Labute approximate surface area is 152 Å². The van der Waals surface area contributed by atoms with Crippen molar-refractivity contribution in [2.45, 2.75) is 6.92 Å². The number of ether oxygens (including phenoxy) is 2. The van der Waals surface area contributed by atoms with Crippen molar-refractivity contribution in [3.05, 3.63) is 60.8 Å². The van der Waals surface area contributed by atoms with Gasteiger partial charge in [0.25, 0.3) is 0 Å². The molecule has 1 aromatic heterocycles. The van der Waals surface area contributed by atoms with E-state index in [1.165, 1.54) is 0 Å². The molecule has 6 nitrogen and oxygen atoms in total. The van der Waals surface area contributed by atoms with Gasteiger partial charge in [0.2, 0.25) is 5.95 Å². The fraction of sp³-hybridized carbons (Fsp3) is 0.200. The minimum atomic E-state index is 0.536. The largest absolute Gasteiger partial charge is 0.486 e. The maximum absolute atomic E-state index is 5.62. The molecule has 0 bridgehead atoms. The van der Waals surface area contributed by atoms with Crippen LogP contribution in [-0.2, 0) is 0 Å². The van der Waals surface area contributed by atoms with Crippen LogP contribution in [0.5, 0.6) is 11.5 Å². The van der Waals surface area contributed by atoms with E-state index in [1.807, 2.05) is 42.5 Å². The van der Waals surface area contributed by atoms with Crippen molar-refractivity contribution in [1.82, 2.24) is 9.97 Å². The number of hydrogen-bond donors (Lipinski definition) is 1. The zero-order chi connectivity index (χ0) is 17.8. The van der Waals surface area contributed by atoms with Gasteiger partial charge in [-0.3, -0.25) is 0 Å². The Hall–Kier alpha value is -3.28. The Morgan fingerprint density at radius 1 is 1.00 bits per heavy atom. The summed E-state index contributed by atoms with van der Waals surface area (Å²) in [4.78, 5) is 11.1. The average Bonchev–Trinajstić information content (AvgIpc) is 2.70. The molecule has 0 aliphatic carbocycles. The van der Waals surface area contributed by atoms with Crippen molar-refractivity contribution in [3.8, 4) is 11.5 Å². The highest BCUT2D eigenvalue weighted by atomic mass is 16.6. The molecule has 0 atom stereocenters. The Morgan fingerprint density at radius 2 is 1.81 bits per heavy atom. The number of para-hydroxylation sites is 1. The quantitative estimate of drug-likeness (QED) is 0.747. The molecule has 0 saturated carbocycles. The summed E-state index contributed by atoms with van der Waals surface area (Å²) in [6.07, 6.45) is 1.76. The Morgan fingerprint density at radius 3 is 2.62 bits per heavy atom. The van der Waals surface area contributed by atoms with Crippen molar-refractivity contribution in [2.24, 2.45) is 0 Å². The summed E-state index contributed by atoms with van der Waals surface area (Å²) < 4.78 is 11.2. The highest BCUT2D eigenvalue weighted by Gasteiger charge is 2.13. The molecular weight excluding hydrogens is 328 g/mol. The molecule has 1 aliphatic heterocycles.